The quantitative estimate of drug-likeness (QED) is 0.243. The summed E-state index contributed by atoms with van der Waals surface area (Å²) in [6.07, 6.45) is 19.9. The van der Waals surface area contributed by atoms with Crippen molar-refractivity contribution in [3.63, 3.8) is 0 Å². The molecule has 0 rings (SSSR count). The van der Waals surface area contributed by atoms with Crippen molar-refractivity contribution in [1.29, 1.82) is 0 Å². The van der Waals surface area contributed by atoms with Crippen molar-refractivity contribution in [2.75, 3.05) is 6.54 Å². The zero-order valence-electron chi connectivity index (χ0n) is 15.9. The molecule has 0 saturated heterocycles. The van der Waals surface area contributed by atoms with Gasteiger partial charge < -0.3 is 5.32 Å². The highest BCUT2D eigenvalue weighted by Crippen LogP contribution is 2.14. The Hall–Kier alpha value is -0.790. The number of unbranched alkanes of at least 4 members (excludes halogenated alkanes) is 11. The van der Waals surface area contributed by atoms with E-state index in [9.17, 15) is 4.79 Å². The highest BCUT2D eigenvalue weighted by molar-refractivity contribution is 5.75. The zero-order valence-corrected chi connectivity index (χ0v) is 15.9. The SMILES string of the molecule is C=CCNC(=O)CCCCCCCCCCCCCCC(C)C. The molecule has 0 heterocycles. The van der Waals surface area contributed by atoms with E-state index in [2.05, 4.69) is 25.7 Å². The van der Waals surface area contributed by atoms with E-state index < -0.39 is 0 Å². The van der Waals surface area contributed by atoms with Gasteiger partial charge in [-0.2, -0.15) is 0 Å². The fourth-order valence-electron chi connectivity index (χ4n) is 2.88. The Balaban J connectivity index is 3.08. The monoisotopic (exact) mass is 323 g/mol. The van der Waals surface area contributed by atoms with Gasteiger partial charge in [-0.25, -0.2) is 0 Å². The van der Waals surface area contributed by atoms with Crippen LogP contribution in [0, 0.1) is 5.92 Å². The third kappa shape index (κ3) is 19.2. The van der Waals surface area contributed by atoms with Crippen LogP contribution in [-0.2, 0) is 4.79 Å². The molecule has 0 unspecified atom stereocenters. The molecule has 0 aliphatic heterocycles. The molecule has 0 atom stereocenters. The lowest BCUT2D eigenvalue weighted by atomic mass is 10.0. The number of carbonyl (C=O) groups excluding carboxylic acids is 1. The average molecular weight is 324 g/mol. The first-order valence-electron chi connectivity index (χ1n) is 10.0. The Morgan fingerprint density at radius 2 is 1.26 bits per heavy atom. The fourth-order valence-corrected chi connectivity index (χ4v) is 2.88. The minimum atomic E-state index is 0.165. The van der Waals surface area contributed by atoms with E-state index in [4.69, 9.17) is 0 Å². The van der Waals surface area contributed by atoms with Crippen molar-refractivity contribution < 1.29 is 4.79 Å². The lowest BCUT2D eigenvalue weighted by Gasteiger charge is -2.05. The molecule has 1 amide bonds. The average Bonchev–Trinajstić information content (AvgIpc) is 2.52. The first-order valence-corrected chi connectivity index (χ1v) is 10.0. The van der Waals surface area contributed by atoms with E-state index in [1.807, 2.05) is 0 Å². The number of rotatable bonds is 17. The predicted octanol–water partition coefficient (Wildman–Crippen LogP) is 6.41. The van der Waals surface area contributed by atoms with E-state index in [1.54, 1.807) is 6.08 Å². The largest absolute Gasteiger partial charge is 0.353 e. The molecular formula is C21H41NO. The Labute approximate surface area is 145 Å². The molecule has 0 aromatic rings. The molecule has 0 aliphatic rings. The summed E-state index contributed by atoms with van der Waals surface area (Å²) in [5.74, 6) is 1.04. The van der Waals surface area contributed by atoms with Gasteiger partial charge in [-0.15, -0.1) is 6.58 Å². The van der Waals surface area contributed by atoms with E-state index in [-0.39, 0.29) is 5.91 Å². The maximum atomic E-state index is 11.4. The van der Waals surface area contributed by atoms with E-state index in [0.717, 1.165) is 12.3 Å². The van der Waals surface area contributed by atoms with Crippen LogP contribution < -0.4 is 5.32 Å². The van der Waals surface area contributed by atoms with Gasteiger partial charge >= 0.3 is 0 Å². The van der Waals surface area contributed by atoms with Gasteiger partial charge in [0.25, 0.3) is 0 Å². The van der Waals surface area contributed by atoms with Crippen LogP contribution in [0.4, 0.5) is 0 Å². The molecule has 23 heavy (non-hydrogen) atoms. The standard InChI is InChI=1S/C21H41NO/c1-4-19-22-21(23)18-16-14-12-10-8-6-5-7-9-11-13-15-17-20(2)3/h4,20H,1,5-19H2,2-3H3,(H,22,23). The number of nitrogens with one attached hydrogen (secondary N) is 1. The Kier molecular flexibility index (Phi) is 17.0. The molecule has 1 N–H and O–H groups in total. The van der Waals surface area contributed by atoms with Gasteiger partial charge in [0, 0.05) is 13.0 Å². The molecule has 2 nitrogen and oxygen atoms in total. The van der Waals surface area contributed by atoms with Gasteiger partial charge in [0.2, 0.25) is 5.91 Å². The molecular weight excluding hydrogens is 282 g/mol. The molecule has 0 fully saturated rings. The van der Waals surface area contributed by atoms with Crippen LogP contribution in [-0.4, -0.2) is 12.5 Å². The minimum absolute atomic E-state index is 0.165. The van der Waals surface area contributed by atoms with Crippen molar-refractivity contribution in [3.8, 4) is 0 Å². The summed E-state index contributed by atoms with van der Waals surface area (Å²) in [5.41, 5.74) is 0. The van der Waals surface area contributed by atoms with Gasteiger partial charge in [0.1, 0.15) is 0 Å². The molecule has 0 aliphatic carbocycles. The maximum absolute atomic E-state index is 11.4. The van der Waals surface area contributed by atoms with Gasteiger partial charge in [0.15, 0.2) is 0 Å². The third-order valence-corrected chi connectivity index (χ3v) is 4.38. The van der Waals surface area contributed by atoms with Gasteiger partial charge in [-0.1, -0.05) is 97.0 Å². The Morgan fingerprint density at radius 3 is 1.70 bits per heavy atom. The van der Waals surface area contributed by atoms with Crippen molar-refractivity contribution in [3.05, 3.63) is 12.7 Å². The lowest BCUT2D eigenvalue weighted by Crippen LogP contribution is -2.22. The smallest absolute Gasteiger partial charge is 0.220 e. The number of hydrogen-bond acceptors (Lipinski definition) is 1. The van der Waals surface area contributed by atoms with E-state index in [0.29, 0.717) is 13.0 Å². The molecule has 0 radical (unpaired) electrons. The van der Waals surface area contributed by atoms with Crippen LogP contribution in [0.25, 0.3) is 0 Å². The van der Waals surface area contributed by atoms with Crippen LogP contribution in [0.1, 0.15) is 104 Å². The van der Waals surface area contributed by atoms with Crippen LogP contribution in [0.2, 0.25) is 0 Å². The summed E-state index contributed by atoms with van der Waals surface area (Å²) in [4.78, 5) is 11.4. The van der Waals surface area contributed by atoms with Crippen LogP contribution in [0.5, 0.6) is 0 Å². The van der Waals surface area contributed by atoms with Crippen molar-refractivity contribution in [2.24, 2.45) is 5.92 Å². The summed E-state index contributed by atoms with van der Waals surface area (Å²) in [6.45, 7) is 8.82. The molecule has 0 saturated carbocycles. The lowest BCUT2D eigenvalue weighted by molar-refractivity contribution is -0.121. The first-order chi connectivity index (χ1) is 11.2. The van der Waals surface area contributed by atoms with Crippen molar-refractivity contribution >= 4 is 5.91 Å². The molecule has 2 heteroatoms. The zero-order chi connectivity index (χ0) is 17.2. The Morgan fingerprint density at radius 1 is 0.826 bits per heavy atom. The summed E-state index contributed by atoms with van der Waals surface area (Å²) >= 11 is 0. The summed E-state index contributed by atoms with van der Waals surface area (Å²) < 4.78 is 0. The summed E-state index contributed by atoms with van der Waals surface area (Å²) in [5, 5.41) is 2.82. The van der Waals surface area contributed by atoms with E-state index >= 15 is 0 Å². The third-order valence-electron chi connectivity index (χ3n) is 4.38. The van der Waals surface area contributed by atoms with E-state index in [1.165, 1.54) is 77.0 Å². The second kappa shape index (κ2) is 17.6. The van der Waals surface area contributed by atoms with Crippen LogP contribution >= 0.6 is 0 Å². The molecule has 0 bridgehead atoms. The second-order valence-corrected chi connectivity index (χ2v) is 7.27. The number of carbonyl (C=O) groups is 1. The van der Waals surface area contributed by atoms with Crippen LogP contribution in [0.3, 0.4) is 0 Å². The summed E-state index contributed by atoms with van der Waals surface area (Å²) in [6, 6.07) is 0. The van der Waals surface area contributed by atoms with Crippen LogP contribution in [0.15, 0.2) is 12.7 Å². The molecule has 0 spiro atoms. The normalized spacial score (nSPS) is 10.9. The fraction of sp³-hybridized carbons (Fsp3) is 0.857. The summed E-state index contributed by atoms with van der Waals surface area (Å²) in [7, 11) is 0. The van der Waals surface area contributed by atoms with Crippen molar-refractivity contribution in [2.45, 2.75) is 104 Å². The number of hydrogen-bond donors (Lipinski definition) is 1. The highest BCUT2D eigenvalue weighted by atomic mass is 16.1. The van der Waals surface area contributed by atoms with Crippen molar-refractivity contribution in [1.82, 2.24) is 5.32 Å². The van der Waals surface area contributed by atoms with Gasteiger partial charge in [-0.05, 0) is 12.3 Å². The number of amides is 1. The molecule has 0 aromatic carbocycles. The second-order valence-electron chi connectivity index (χ2n) is 7.27. The molecule has 0 aromatic heterocycles. The van der Waals surface area contributed by atoms with Gasteiger partial charge in [-0.3, -0.25) is 4.79 Å². The minimum Gasteiger partial charge on any atom is -0.353 e. The molecule has 136 valence electrons. The highest BCUT2D eigenvalue weighted by Gasteiger charge is 1.99. The maximum Gasteiger partial charge on any atom is 0.220 e. The topological polar surface area (TPSA) is 29.1 Å². The Bertz CT molecular complexity index is 273. The predicted molar refractivity (Wildman–Crippen MR) is 103 cm³/mol. The van der Waals surface area contributed by atoms with Gasteiger partial charge in [0.05, 0.1) is 0 Å². The first kappa shape index (κ1) is 22.2.